The fraction of sp³-hybridized carbons (Fsp3) is 0.0952. The minimum atomic E-state index is -4.12. The Morgan fingerprint density at radius 1 is 1.06 bits per heavy atom. The van der Waals surface area contributed by atoms with Crippen LogP contribution in [0.1, 0.15) is 27.7 Å². The number of sulfonamides is 1. The van der Waals surface area contributed by atoms with E-state index >= 15 is 0 Å². The number of nitrogens with zero attached hydrogens (tertiary/aromatic N) is 1. The van der Waals surface area contributed by atoms with Crippen LogP contribution in [0.25, 0.3) is 0 Å². The summed E-state index contributed by atoms with van der Waals surface area (Å²) in [5.74, 6) is -0.930. The number of hydrogen-bond acceptors (Lipinski definition) is 5. The number of aryl methyl sites for hydroxylation is 1. The van der Waals surface area contributed by atoms with Crippen LogP contribution in [0.5, 0.6) is 5.75 Å². The van der Waals surface area contributed by atoms with Crippen LogP contribution in [-0.4, -0.2) is 24.4 Å². The Morgan fingerprint density at radius 3 is 2.45 bits per heavy atom. The number of rotatable bonds is 4. The summed E-state index contributed by atoms with van der Waals surface area (Å²) in [7, 11) is -4.12. The number of aromatic hydroxyl groups is 1. The van der Waals surface area contributed by atoms with Crippen molar-refractivity contribution in [2.24, 2.45) is 0 Å². The Balaban J connectivity index is 1.82. The predicted molar refractivity (Wildman–Crippen MR) is 119 cm³/mol. The highest BCUT2D eigenvalue weighted by molar-refractivity contribution is 7.89. The third kappa shape index (κ3) is 4.07. The van der Waals surface area contributed by atoms with Gasteiger partial charge in [0.15, 0.2) is 0 Å². The molecule has 1 aliphatic rings. The van der Waals surface area contributed by atoms with Crippen LogP contribution in [0.3, 0.4) is 0 Å². The van der Waals surface area contributed by atoms with E-state index in [1.165, 1.54) is 24.3 Å². The van der Waals surface area contributed by atoms with Gasteiger partial charge in [0.05, 0.1) is 15.5 Å². The van der Waals surface area contributed by atoms with Gasteiger partial charge < -0.3 is 10.4 Å². The Hall–Kier alpha value is -2.78. The van der Waals surface area contributed by atoms with Crippen LogP contribution in [-0.2, 0) is 10.0 Å². The van der Waals surface area contributed by atoms with Crippen LogP contribution < -0.4 is 10.1 Å². The molecule has 0 unspecified atom stereocenters. The number of anilines is 1. The van der Waals surface area contributed by atoms with Gasteiger partial charge in [0.25, 0.3) is 15.9 Å². The molecule has 3 aromatic carbocycles. The zero-order chi connectivity index (χ0) is 22.3. The molecule has 10 heteroatoms. The Morgan fingerprint density at radius 2 is 1.74 bits per heavy atom. The Bertz CT molecular complexity index is 1280. The lowest BCUT2D eigenvalue weighted by molar-refractivity contribution is 0.0630. The molecule has 1 amide bonds. The van der Waals surface area contributed by atoms with Crippen LogP contribution in [0.4, 0.5) is 5.69 Å². The fourth-order valence-electron chi connectivity index (χ4n) is 3.26. The van der Waals surface area contributed by atoms with Gasteiger partial charge in [-0.2, -0.15) is 0 Å². The van der Waals surface area contributed by atoms with Crippen molar-refractivity contribution in [1.29, 1.82) is 0 Å². The number of amides is 1. The van der Waals surface area contributed by atoms with Crippen molar-refractivity contribution < 1.29 is 18.3 Å². The maximum atomic E-state index is 13.3. The maximum Gasteiger partial charge on any atom is 0.273 e. The molecule has 1 heterocycles. The number of benzene rings is 3. The molecule has 160 valence electrons. The van der Waals surface area contributed by atoms with Crippen molar-refractivity contribution in [2.45, 2.75) is 18.0 Å². The predicted octanol–water partition coefficient (Wildman–Crippen LogP) is 4.47. The Labute approximate surface area is 189 Å². The van der Waals surface area contributed by atoms with Gasteiger partial charge in [0.1, 0.15) is 11.9 Å². The number of halogens is 2. The number of phenolic OH excluding ortho intramolecular Hbond substituents is 1. The molecule has 0 spiro atoms. The van der Waals surface area contributed by atoms with Gasteiger partial charge in [0, 0.05) is 16.3 Å². The first-order valence-electron chi connectivity index (χ1n) is 9.13. The zero-order valence-electron chi connectivity index (χ0n) is 16.1. The molecule has 7 nitrogen and oxygen atoms in total. The molecule has 1 aliphatic heterocycles. The van der Waals surface area contributed by atoms with Gasteiger partial charge in [-0.3, -0.25) is 4.79 Å². The third-order valence-electron chi connectivity index (χ3n) is 4.83. The van der Waals surface area contributed by atoms with E-state index < -0.39 is 22.1 Å². The molecule has 31 heavy (non-hydrogen) atoms. The number of carbonyl (C=O) groups excluding carboxylic acids is 1. The van der Waals surface area contributed by atoms with Gasteiger partial charge in [-0.15, -0.1) is 4.83 Å². The van der Waals surface area contributed by atoms with Gasteiger partial charge in [-0.25, -0.2) is 13.4 Å². The molecule has 0 aromatic heterocycles. The van der Waals surface area contributed by atoms with Crippen LogP contribution in [0.15, 0.2) is 65.6 Å². The molecule has 0 fully saturated rings. The smallest absolute Gasteiger partial charge is 0.273 e. The fourth-order valence-corrected chi connectivity index (χ4v) is 4.82. The van der Waals surface area contributed by atoms with Crippen LogP contribution in [0, 0.1) is 6.92 Å². The summed E-state index contributed by atoms with van der Waals surface area (Å²) in [6.07, 6.45) is -1.11. The van der Waals surface area contributed by atoms with E-state index in [1.54, 1.807) is 36.4 Å². The number of hydrazine groups is 1. The average Bonchev–Trinajstić information content (AvgIpc) is 2.73. The highest BCUT2D eigenvalue weighted by Crippen LogP contribution is 2.40. The second-order valence-electron chi connectivity index (χ2n) is 7.00. The summed E-state index contributed by atoms with van der Waals surface area (Å²) in [6.45, 7) is 1.83. The molecule has 3 N–H and O–H groups in total. The number of carbonyl (C=O) groups is 1. The normalized spacial score (nSPS) is 16.0. The molecular weight excluding hydrogens is 461 g/mol. The summed E-state index contributed by atoms with van der Waals surface area (Å²) in [6, 6.07) is 15.6. The summed E-state index contributed by atoms with van der Waals surface area (Å²) in [5, 5.41) is 14.7. The number of hydrogen-bond donors (Lipinski definition) is 3. The number of para-hydroxylation sites is 1. The van der Waals surface area contributed by atoms with E-state index in [0.29, 0.717) is 5.69 Å². The lowest BCUT2D eigenvalue weighted by atomic mass is 10.0. The maximum absolute atomic E-state index is 13.3. The average molecular weight is 478 g/mol. The summed E-state index contributed by atoms with van der Waals surface area (Å²) in [4.78, 5) is 15.6. The standard InChI is InChI=1S/C21H17Cl2N3O4S/c1-12-6-8-14(9-7-12)31(29,30)25-26-20(16-10-13(22)11-17(23)19(16)27)24-18-5-3-2-4-15(18)21(26)28/h2-11,20,24-25,27H,1H3/t20-/m0/s1. The molecule has 0 radical (unpaired) electrons. The number of fused-ring (bicyclic) bond motifs is 1. The summed E-state index contributed by atoms with van der Waals surface area (Å²) >= 11 is 12.2. The molecule has 1 atom stereocenters. The molecule has 4 rings (SSSR count). The van der Waals surface area contributed by atoms with E-state index in [-0.39, 0.29) is 31.8 Å². The van der Waals surface area contributed by atoms with Crippen molar-refractivity contribution in [3.8, 4) is 5.75 Å². The molecule has 0 bridgehead atoms. The van der Waals surface area contributed by atoms with Crippen molar-refractivity contribution in [2.75, 3.05) is 5.32 Å². The SMILES string of the molecule is Cc1ccc(S(=O)(=O)NN2C(=O)c3ccccc3N[C@@H]2c2cc(Cl)cc(Cl)c2O)cc1. The molecule has 3 aromatic rings. The van der Waals surface area contributed by atoms with E-state index in [2.05, 4.69) is 10.1 Å². The monoisotopic (exact) mass is 477 g/mol. The third-order valence-corrected chi connectivity index (χ3v) is 6.66. The van der Waals surface area contributed by atoms with Gasteiger partial charge >= 0.3 is 0 Å². The van der Waals surface area contributed by atoms with Gasteiger partial charge in [0.2, 0.25) is 0 Å². The molecule has 0 saturated carbocycles. The lowest BCUT2D eigenvalue weighted by Gasteiger charge is -2.37. The highest BCUT2D eigenvalue weighted by atomic mass is 35.5. The lowest BCUT2D eigenvalue weighted by Crippen LogP contribution is -2.52. The second-order valence-corrected chi connectivity index (χ2v) is 9.51. The number of nitrogens with one attached hydrogen (secondary N) is 2. The van der Waals surface area contributed by atoms with Crippen LogP contribution >= 0.6 is 23.2 Å². The first-order valence-corrected chi connectivity index (χ1v) is 11.4. The molecular formula is C21H17Cl2N3O4S. The summed E-state index contributed by atoms with van der Waals surface area (Å²) < 4.78 is 26.0. The van der Waals surface area contributed by atoms with Crippen molar-refractivity contribution in [3.05, 3.63) is 87.4 Å². The first kappa shape index (κ1) is 21.5. The summed E-state index contributed by atoms with van der Waals surface area (Å²) in [5.41, 5.74) is 1.75. The highest BCUT2D eigenvalue weighted by Gasteiger charge is 2.37. The minimum Gasteiger partial charge on any atom is -0.506 e. The first-order chi connectivity index (χ1) is 14.7. The topological polar surface area (TPSA) is 98.7 Å². The van der Waals surface area contributed by atoms with E-state index in [9.17, 15) is 18.3 Å². The van der Waals surface area contributed by atoms with E-state index in [1.807, 2.05) is 6.92 Å². The van der Waals surface area contributed by atoms with Gasteiger partial charge in [-0.1, -0.05) is 53.0 Å². The number of phenols is 1. The zero-order valence-corrected chi connectivity index (χ0v) is 18.5. The van der Waals surface area contributed by atoms with Crippen molar-refractivity contribution >= 4 is 44.8 Å². The largest absolute Gasteiger partial charge is 0.506 e. The van der Waals surface area contributed by atoms with Crippen molar-refractivity contribution in [3.63, 3.8) is 0 Å². The minimum absolute atomic E-state index is 0.0168. The van der Waals surface area contributed by atoms with E-state index in [0.717, 1.165) is 10.6 Å². The second kappa shape index (κ2) is 8.05. The van der Waals surface area contributed by atoms with Crippen LogP contribution in [0.2, 0.25) is 10.0 Å². The quantitative estimate of drug-likeness (QED) is 0.514. The van der Waals surface area contributed by atoms with E-state index in [4.69, 9.17) is 23.2 Å². The molecule has 0 saturated heterocycles. The Kier molecular flexibility index (Phi) is 5.57. The van der Waals surface area contributed by atoms with Gasteiger partial charge in [-0.05, 0) is 43.3 Å². The molecule has 0 aliphatic carbocycles. The van der Waals surface area contributed by atoms with Crippen molar-refractivity contribution in [1.82, 2.24) is 9.84 Å².